The van der Waals surface area contributed by atoms with Crippen LogP contribution in [0.2, 0.25) is 0 Å². The Balaban J connectivity index is 1.57. The first-order valence-corrected chi connectivity index (χ1v) is 13.0. The molecule has 0 atom stereocenters. The molecule has 206 valence electrons. The lowest BCUT2D eigenvalue weighted by Gasteiger charge is -2.19. The van der Waals surface area contributed by atoms with Gasteiger partial charge in [0.15, 0.2) is 12.5 Å². The molecule has 1 heterocycles. The molecular weight excluding hydrogens is 506 g/mol. The Bertz CT molecular complexity index is 1430. The molecule has 0 saturated heterocycles. The van der Waals surface area contributed by atoms with E-state index in [4.69, 9.17) is 18.9 Å². The summed E-state index contributed by atoms with van der Waals surface area (Å²) in [6.45, 7) is 6.18. The molecule has 8 nitrogen and oxygen atoms in total. The van der Waals surface area contributed by atoms with Crippen molar-refractivity contribution in [1.82, 2.24) is 4.98 Å². The van der Waals surface area contributed by atoms with Gasteiger partial charge in [0.25, 0.3) is 0 Å². The number of anilines is 2. The topological polar surface area (TPSA) is 85.1 Å². The smallest absolute Gasteiger partial charge is 0.330 e. The number of hydrogen-bond donors (Lipinski definition) is 0. The zero-order valence-corrected chi connectivity index (χ0v) is 23.0. The van der Waals surface area contributed by atoms with Crippen LogP contribution in [0.25, 0.3) is 34.0 Å². The predicted molar refractivity (Wildman–Crippen MR) is 157 cm³/mol. The van der Waals surface area contributed by atoms with Gasteiger partial charge in [-0.05, 0) is 48.5 Å². The highest BCUT2D eigenvalue weighted by molar-refractivity contribution is 5.81. The minimum Gasteiger partial charge on any atom is -0.461 e. The molecule has 4 aromatic rings. The highest BCUT2D eigenvalue weighted by Crippen LogP contribution is 2.37. The molecule has 0 aliphatic heterocycles. The summed E-state index contributed by atoms with van der Waals surface area (Å²) in [5.41, 5.74) is 5.30. The molecule has 0 aliphatic rings. The first-order valence-electron chi connectivity index (χ1n) is 13.0. The first kappa shape index (κ1) is 28.2. The molecule has 0 aliphatic carbocycles. The van der Waals surface area contributed by atoms with Crippen LogP contribution in [0.1, 0.15) is 13.3 Å². The summed E-state index contributed by atoms with van der Waals surface area (Å²) < 4.78 is 16.7. The normalized spacial score (nSPS) is 10.6. The van der Waals surface area contributed by atoms with Crippen LogP contribution in [-0.2, 0) is 19.1 Å². The van der Waals surface area contributed by atoms with Gasteiger partial charge in [0.05, 0.1) is 6.54 Å². The summed E-state index contributed by atoms with van der Waals surface area (Å²) in [5, 5.41) is 0. The third-order valence-electron chi connectivity index (χ3n) is 6.35. The van der Waals surface area contributed by atoms with E-state index < -0.39 is 5.97 Å². The van der Waals surface area contributed by atoms with Gasteiger partial charge in [0.1, 0.15) is 12.3 Å². The fourth-order valence-electron chi connectivity index (χ4n) is 3.97. The van der Waals surface area contributed by atoms with Crippen molar-refractivity contribution in [3.63, 3.8) is 0 Å². The van der Waals surface area contributed by atoms with E-state index in [1.54, 1.807) is 6.92 Å². The SMILES string of the molecule is C=CC(=O)OCCN(C)c1ccc(-c2oc(-c3ccc(N(C)COC(=O)CC)cc3)nc2-c2ccccc2)cc1. The first-order chi connectivity index (χ1) is 19.4. The van der Waals surface area contributed by atoms with E-state index in [0.717, 1.165) is 39.8 Å². The van der Waals surface area contributed by atoms with Crippen LogP contribution in [0.3, 0.4) is 0 Å². The fraction of sp³-hybridized carbons (Fsp3) is 0.219. The number of nitrogens with zero attached hydrogens (tertiary/aromatic N) is 3. The molecule has 0 fully saturated rings. The molecular formula is C32H33N3O5. The van der Waals surface area contributed by atoms with Crippen molar-refractivity contribution in [2.75, 3.05) is 43.8 Å². The average molecular weight is 540 g/mol. The molecule has 0 spiro atoms. The third-order valence-corrected chi connectivity index (χ3v) is 6.35. The van der Waals surface area contributed by atoms with E-state index in [9.17, 15) is 9.59 Å². The van der Waals surface area contributed by atoms with Crippen molar-refractivity contribution >= 4 is 23.3 Å². The number of oxazole rings is 1. The molecule has 4 rings (SSSR count). The summed E-state index contributed by atoms with van der Waals surface area (Å²) in [7, 11) is 3.80. The molecule has 0 amide bonds. The number of rotatable bonds is 12. The van der Waals surface area contributed by atoms with Crippen LogP contribution >= 0.6 is 0 Å². The van der Waals surface area contributed by atoms with Gasteiger partial charge < -0.3 is 23.7 Å². The lowest BCUT2D eigenvalue weighted by atomic mass is 10.1. The number of ether oxygens (including phenoxy) is 2. The number of likely N-dealkylation sites (N-methyl/N-ethyl adjacent to an activating group) is 1. The van der Waals surface area contributed by atoms with Crippen LogP contribution in [0.15, 0.2) is 95.9 Å². The highest BCUT2D eigenvalue weighted by Gasteiger charge is 2.19. The maximum absolute atomic E-state index is 11.5. The number of esters is 2. The number of carbonyl (C=O) groups is 2. The molecule has 1 aromatic heterocycles. The predicted octanol–water partition coefficient (Wildman–Crippen LogP) is 6.19. The number of benzene rings is 3. The van der Waals surface area contributed by atoms with Crippen molar-refractivity contribution in [2.24, 2.45) is 0 Å². The molecule has 8 heteroatoms. The maximum Gasteiger partial charge on any atom is 0.330 e. The van der Waals surface area contributed by atoms with Crippen molar-refractivity contribution in [1.29, 1.82) is 0 Å². The second kappa shape index (κ2) is 13.3. The summed E-state index contributed by atoms with van der Waals surface area (Å²) in [6.07, 6.45) is 1.50. The van der Waals surface area contributed by atoms with Gasteiger partial charge in [-0.3, -0.25) is 4.79 Å². The largest absolute Gasteiger partial charge is 0.461 e. The monoisotopic (exact) mass is 539 g/mol. The Hall–Kier alpha value is -4.85. The maximum atomic E-state index is 11.5. The molecule has 0 unspecified atom stereocenters. The minimum atomic E-state index is -0.433. The number of hydrogen-bond acceptors (Lipinski definition) is 8. The Labute approximate surface area is 234 Å². The zero-order valence-electron chi connectivity index (χ0n) is 23.0. The van der Waals surface area contributed by atoms with Crippen molar-refractivity contribution in [2.45, 2.75) is 13.3 Å². The van der Waals surface area contributed by atoms with Gasteiger partial charge in [-0.2, -0.15) is 0 Å². The Morgan fingerprint density at radius 1 is 0.850 bits per heavy atom. The number of aromatic nitrogens is 1. The summed E-state index contributed by atoms with van der Waals surface area (Å²) in [5.74, 6) is 0.504. The summed E-state index contributed by atoms with van der Waals surface area (Å²) in [4.78, 5) is 31.5. The molecule has 40 heavy (non-hydrogen) atoms. The van der Waals surface area contributed by atoms with E-state index in [0.29, 0.717) is 24.6 Å². The zero-order chi connectivity index (χ0) is 28.5. The summed E-state index contributed by atoms with van der Waals surface area (Å²) >= 11 is 0. The molecule has 0 saturated carbocycles. The second-order valence-corrected chi connectivity index (χ2v) is 9.15. The molecule has 0 radical (unpaired) electrons. The van der Waals surface area contributed by atoms with Crippen LogP contribution < -0.4 is 9.80 Å². The van der Waals surface area contributed by atoms with Crippen LogP contribution in [0.5, 0.6) is 0 Å². The van der Waals surface area contributed by atoms with Crippen molar-refractivity contribution in [3.8, 4) is 34.0 Å². The van der Waals surface area contributed by atoms with Gasteiger partial charge in [-0.15, -0.1) is 0 Å². The van der Waals surface area contributed by atoms with Crippen LogP contribution in [0.4, 0.5) is 11.4 Å². The van der Waals surface area contributed by atoms with Gasteiger partial charge in [0, 0.05) is 54.7 Å². The highest BCUT2D eigenvalue weighted by atomic mass is 16.5. The fourth-order valence-corrected chi connectivity index (χ4v) is 3.97. The Morgan fingerprint density at radius 3 is 2.10 bits per heavy atom. The standard InChI is InChI=1S/C32H33N3O5/c1-5-28(36)38-21-20-34(3)26-16-12-24(13-17-26)31-30(23-10-8-7-9-11-23)33-32(40-31)25-14-18-27(19-15-25)35(4)22-39-29(37)6-2/h5,7-19H,1,6,20-22H2,2-4H3. The lowest BCUT2D eigenvalue weighted by molar-refractivity contribution is -0.143. The van der Waals surface area contributed by atoms with Crippen molar-refractivity contribution in [3.05, 3.63) is 91.5 Å². The Morgan fingerprint density at radius 2 is 1.48 bits per heavy atom. The number of carbonyl (C=O) groups excluding carboxylic acids is 2. The van der Waals surface area contributed by atoms with E-state index in [-0.39, 0.29) is 19.3 Å². The Kier molecular flexibility index (Phi) is 9.35. The van der Waals surface area contributed by atoms with Gasteiger partial charge in [-0.1, -0.05) is 43.8 Å². The summed E-state index contributed by atoms with van der Waals surface area (Å²) in [6, 6.07) is 25.7. The quantitative estimate of drug-likeness (QED) is 0.120. The van der Waals surface area contributed by atoms with Crippen LogP contribution in [-0.4, -0.2) is 50.9 Å². The average Bonchev–Trinajstić information content (AvgIpc) is 3.45. The van der Waals surface area contributed by atoms with Crippen molar-refractivity contribution < 1.29 is 23.5 Å². The van der Waals surface area contributed by atoms with Gasteiger partial charge in [0.2, 0.25) is 5.89 Å². The third kappa shape index (κ3) is 6.96. The van der Waals surface area contributed by atoms with E-state index in [1.165, 1.54) is 0 Å². The van der Waals surface area contributed by atoms with Gasteiger partial charge in [-0.25, -0.2) is 9.78 Å². The second-order valence-electron chi connectivity index (χ2n) is 9.15. The molecule has 3 aromatic carbocycles. The molecule has 0 N–H and O–H groups in total. The van der Waals surface area contributed by atoms with E-state index in [2.05, 4.69) is 6.58 Å². The lowest BCUT2D eigenvalue weighted by Crippen LogP contribution is -2.23. The van der Waals surface area contributed by atoms with Crippen LogP contribution in [0, 0.1) is 0 Å². The minimum absolute atomic E-state index is 0.179. The van der Waals surface area contributed by atoms with Gasteiger partial charge >= 0.3 is 11.9 Å². The molecule has 0 bridgehead atoms. The van der Waals surface area contributed by atoms with E-state index >= 15 is 0 Å². The van der Waals surface area contributed by atoms with E-state index in [1.807, 2.05) is 103 Å².